The van der Waals surface area contributed by atoms with E-state index in [2.05, 4.69) is 0 Å². The number of ether oxygens (including phenoxy) is 1. The summed E-state index contributed by atoms with van der Waals surface area (Å²) >= 11 is 6.18. The summed E-state index contributed by atoms with van der Waals surface area (Å²) in [5, 5.41) is 11.3. The van der Waals surface area contributed by atoms with E-state index in [1.54, 1.807) is 36.4 Å². The Bertz CT molecular complexity index is 1150. The van der Waals surface area contributed by atoms with E-state index in [4.69, 9.17) is 20.8 Å². The van der Waals surface area contributed by atoms with Crippen LogP contribution in [0.25, 0.3) is 5.76 Å². The number of carbonyl (C=O) groups excluding carboxylic acids is 2. The van der Waals surface area contributed by atoms with Gasteiger partial charge in [0.25, 0.3) is 11.7 Å². The summed E-state index contributed by atoms with van der Waals surface area (Å²) in [5.41, 5.74) is 1.75. The van der Waals surface area contributed by atoms with Gasteiger partial charge in [0.2, 0.25) is 0 Å². The molecule has 1 aliphatic rings. The molecule has 4 rings (SSSR count). The number of halogens is 1. The van der Waals surface area contributed by atoms with Crippen LogP contribution in [-0.2, 0) is 9.59 Å². The second-order valence-corrected chi connectivity index (χ2v) is 7.28. The summed E-state index contributed by atoms with van der Waals surface area (Å²) < 4.78 is 10.7. The molecule has 1 amide bonds. The topological polar surface area (TPSA) is 80.0 Å². The quantitative estimate of drug-likeness (QED) is 0.367. The molecule has 2 heterocycles. The number of aliphatic hydroxyl groups is 1. The molecule has 1 aromatic heterocycles. The Labute approximate surface area is 177 Å². The monoisotopic (exact) mass is 423 g/mol. The van der Waals surface area contributed by atoms with Crippen molar-refractivity contribution in [3.63, 3.8) is 0 Å². The van der Waals surface area contributed by atoms with Crippen molar-refractivity contribution < 1.29 is 23.8 Å². The largest absolute Gasteiger partial charge is 0.507 e. The Morgan fingerprint density at radius 1 is 1.13 bits per heavy atom. The lowest BCUT2D eigenvalue weighted by molar-refractivity contribution is -0.132. The van der Waals surface area contributed by atoms with Crippen molar-refractivity contribution in [1.29, 1.82) is 0 Å². The number of methoxy groups -OCH3 is 1. The molecule has 0 bridgehead atoms. The van der Waals surface area contributed by atoms with Crippen LogP contribution in [0, 0.1) is 6.92 Å². The number of aryl methyl sites for hydroxylation is 1. The molecule has 0 spiro atoms. The summed E-state index contributed by atoms with van der Waals surface area (Å²) in [6, 6.07) is 14.2. The molecule has 30 heavy (non-hydrogen) atoms. The maximum Gasteiger partial charge on any atom is 0.300 e. The first-order valence-corrected chi connectivity index (χ1v) is 9.55. The van der Waals surface area contributed by atoms with Gasteiger partial charge in [-0.2, -0.15) is 0 Å². The van der Waals surface area contributed by atoms with Crippen LogP contribution >= 0.6 is 11.6 Å². The predicted molar refractivity (Wildman–Crippen MR) is 113 cm³/mol. The number of hydrogen-bond acceptors (Lipinski definition) is 5. The first-order valence-electron chi connectivity index (χ1n) is 9.17. The van der Waals surface area contributed by atoms with Crippen LogP contribution in [0.2, 0.25) is 5.02 Å². The van der Waals surface area contributed by atoms with Gasteiger partial charge in [-0.1, -0.05) is 29.3 Å². The van der Waals surface area contributed by atoms with Gasteiger partial charge < -0.3 is 14.3 Å². The maximum absolute atomic E-state index is 13.0. The highest BCUT2D eigenvalue weighted by molar-refractivity contribution is 6.51. The molecule has 1 unspecified atom stereocenters. The van der Waals surface area contributed by atoms with Crippen molar-refractivity contribution in [3.05, 3.63) is 88.3 Å². The van der Waals surface area contributed by atoms with Crippen LogP contribution in [0.15, 0.2) is 70.9 Å². The minimum Gasteiger partial charge on any atom is -0.507 e. The number of rotatable bonds is 4. The van der Waals surface area contributed by atoms with Gasteiger partial charge in [0.1, 0.15) is 23.3 Å². The van der Waals surface area contributed by atoms with Gasteiger partial charge in [-0.3, -0.25) is 14.5 Å². The average molecular weight is 424 g/mol. The van der Waals surface area contributed by atoms with E-state index in [1.165, 1.54) is 24.3 Å². The number of benzene rings is 2. The van der Waals surface area contributed by atoms with Crippen LogP contribution in [0.4, 0.5) is 5.69 Å². The highest BCUT2D eigenvalue weighted by Crippen LogP contribution is 2.42. The van der Waals surface area contributed by atoms with Gasteiger partial charge in [0.05, 0.1) is 24.0 Å². The summed E-state index contributed by atoms with van der Waals surface area (Å²) in [7, 11) is 1.48. The van der Waals surface area contributed by atoms with Crippen molar-refractivity contribution in [2.75, 3.05) is 12.0 Å². The Balaban J connectivity index is 1.90. The number of Topliss-reactive ketones (excluding diaryl/α,β-unsaturated/α-hetero) is 1. The number of anilines is 1. The van der Waals surface area contributed by atoms with E-state index in [-0.39, 0.29) is 16.4 Å². The van der Waals surface area contributed by atoms with Crippen LogP contribution in [0.3, 0.4) is 0 Å². The fourth-order valence-corrected chi connectivity index (χ4v) is 3.75. The van der Waals surface area contributed by atoms with Gasteiger partial charge in [-0.05, 0) is 49.4 Å². The number of furan rings is 1. The van der Waals surface area contributed by atoms with E-state index in [0.29, 0.717) is 22.8 Å². The molecule has 7 heteroatoms. The standard InChI is InChI=1S/C23H18ClNO5/c1-13-5-8-15(9-6-13)25-20(18-4-3-11-30-18)19(22(27)23(25)28)21(26)14-7-10-17(29-2)16(24)12-14/h3-12,20,26H,1-2H3/b21-19-. The first kappa shape index (κ1) is 19.8. The molecule has 3 aromatic rings. The van der Waals surface area contributed by atoms with E-state index in [9.17, 15) is 14.7 Å². The van der Waals surface area contributed by atoms with Gasteiger partial charge in [-0.25, -0.2) is 0 Å². The number of hydrogen-bond donors (Lipinski definition) is 1. The minimum atomic E-state index is -0.913. The molecule has 1 fully saturated rings. The fourth-order valence-electron chi connectivity index (χ4n) is 3.49. The number of aliphatic hydroxyl groups excluding tert-OH is 1. The summed E-state index contributed by atoms with van der Waals surface area (Å²) in [4.78, 5) is 27.3. The zero-order valence-corrected chi connectivity index (χ0v) is 17.0. The fraction of sp³-hybridized carbons (Fsp3) is 0.130. The van der Waals surface area contributed by atoms with Crippen molar-refractivity contribution >= 4 is 34.7 Å². The van der Waals surface area contributed by atoms with Gasteiger partial charge in [0, 0.05) is 11.3 Å². The van der Waals surface area contributed by atoms with Gasteiger partial charge in [0.15, 0.2) is 0 Å². The second-order valence-electron chi connectivity index (χ2n) is 6.87. The van der Waals surface area contributed by atoms with Crippen molar-refractivity contribution in [2.45, 2.75) is 13.0 Å². The molecule has 2 aromatic carbocycles. The molecular weight excluding hydrogens is 406 g/mol. The average Bonchev–Trinajstić information content (AvgIpc) is 3.35. The Kier molecular flexibility index (Phi) is 5.10. The molecule has 6 nitrogen and oxygen atoms in total. The third-order valence-electron chi connectivity index (χ3n) is 4.99. The molecule has 1 atom stereocenters. The smallest absolute Gasteiger partial charge is 0.300 e. The normalized spacial score (nSPS) is 18.1. The molecule has 1 aliphatic heterocycles. The molecule has 0 aliphatic carbocycles. The third kappa shape index (κ3) is 3.25. The maximum atomic E-state index is 13.0. The number of carbonyl (C=O) groups is 2. The van der Waals surface area contributed by atoms with E-state index >= 15 is 0 Å². The molecule has 1 N–H and O–H groups in total. The lowest BCUT2D eigenvalue weighted by atomic mass is 9.99. The summed E-state index contributed by atoms with van der Waals surface area (Å²) in [5.74, 6) is -1.11. The van der Waals surface area contributed by atoms with Crippen LogP contribution in [0.1, 0.15) is 22.9 Å². The zero-order chi connectivity index (χ0) is 21.4. The van der Waals surface area contributed by atoms with Crippen molar-refractivity contribution in [3.8, 4) is 5.75 Å². The highest BCUT2D eigenvalue weighted by Gasteiger charge is 2.48. The van der Waals surface area contributed by atoms with Gasteiger partial charge in [-0.15, -0.1) is 0 Å². The number of ketones is 1. The number of amides is 1. The Hall–Kier alpha value is -3.51. The minimum absolute atomic E-state index is 0.0724. The number of nitrogens with zero attached hydrogens (tertiary/aromatic N) is 1. The van der Waals surface area contributed by atoms with Crippen LogP contribution in [0.5, 0.6) is 5.75 Å². The Morgan fingerprint density at radius 3 is 2.47 bits per heavy atom. The van der Waals surface area contributed by atoms with Crippen LogP contribution < -0.4 is 9.64 Å². The summed E-state index contributed by atoms with van der Waals surface area (Å²) in [6.45, 7) is 1.93. The predicted octanol–water partition coefficient (Wildman–Crippen LogP) is 4.88. The zero-order valence-electron chi connectivity index (χ0n) is 16.3. The van der Waals surface area contributed by atoms with E-state index in [0.717, 1.165) is 5.56 Å². The van der Waals surface area contributed by atoms with E-state index in [1.807, 2.05) is 19.1 Å². The van der Waals surface area contributed by atoms with Crippen LogP contribution in [-0.4, -0.2) is 23.9 Å². The lowest BCUT2D eigenvalue weighted by Gasteiger charge is -2.23. The highest BCUT2D eigenvalue weighted by atomic mass is 35.5. The van der Waals surface area contributed by atoms with E-state index < -0.39 is 17.7 Å². The lowest BCUT2D eigenvalue weighted by Crippen LogP contribution is -2.29. The second kappa shape index (κ2) is 7.72. The molecule has 1 saturated heterocycles. The first-order chi connectivity index (χ1) is 14.4. The SMILES string of the molecule is COc1ccc(/C(O)=C2/C(=O)C(=O)N(c3ccc(C)cc3)C2c2ccco2)cc1Cl. The van der Waals surface area contributed by atoms with Gasteiger partial charge >= 0.3 is 0 Å². The molecular formula is C23H18ClNO5. The molecule has 0 radical (unpaired) electrons. The molecule has 152 valence electrons. The molecule has 0 saturated carbocycles. The third-order valence-corrected chi connectivity index (χ3v) is 5.29. The van der Waals surface area contributed by atoms with Crippen molar-refractivity contribution in [2.24, 2.45) is 0 Å². The van der Waals surface area contributed by atoms with Crippen molar-refractivity contribution in [1.82, 2.24) is 0 Å². The Morgan fingerprint density at radius 2 is 1.87 bits per heavy atom. The summed E-state index contributed by atoms with van der Waals surface area (Å²) in [6.07, 6.45) is 1.45.